The van der Waals surface area contributed by atoms with E-state index in [0.29, 0.717) is 5.92 Å². The molecular formula is C18H20N2O2S. The van der Waals surface area contributed by atoms with Gasteiger partial charge < -0.3 is 9.15 Å². The fourth-order valence-corrected chi connectivity index (χ4v) is 3.86. The first-order chi connectivity index (χ1) is 11.4. The molecule has 1 atom stereocenters. The van der Waals surface area contributed by atoms with Crippen LogP contribution >= 0.6 is 11.3 Å². The zero-order valence-electron chi connectivity index (χ0n) is 13.0. The number of furan rings is 1. The topological polar surface area (TPSA) is 38.5 Å². The van der Waals surface area contributed by atoms with Gasteiger partial charge in [-0.1, -0.05) is 12.1 Å². The van der Waals surface area contributed by atoms with Gasteiger partial charge in [-0.25, -0.2) is 0 Å². The Hall–Kier alpha value is -1.69. The second-order valence-electron chi connectivity index (χ2n) is 6.14. The summed E-state index contributed by atoms with van der Waals surface area (Å²) >= 11 is 1.72. The summed E-state index contributed by atoms with van der Waals surface area (Å²) in [6, 6.07) is 8.51. The molecule has 0 bridgehead atoms. The van der Waals surface area contributed by atoms with Crippen LogP contribution < -0.4 is 0 Å². The lowest BCUT2D eigenvalue weighted by Crippen LogP contribution is -2.30. The highest BCUT2D eigenvalue weighted by Crippen LogP contribution is 2.21. The highest BCUT2D eigenvalue weighted by atomic mass is 32.1. The molecule has 0 aliphatic carbocycles. The number of benzene rings is 1. The van der Waals surface area contributed by atoms with Crippen molar-refractivity contribution in [1.82, 2.24) is 9.88 Å². The Labute approximate surface area is 139 Å². The zero-order valence-corrected chi connectivity index (χ0v) is 13.8. The summed E-state index contributed by atoms with van der Waals surface area (Å²) in [5.74, 6) is 0.512. The molecule has 0 N–H and O–H groups in total. The van der Waals surface area contributed by atoms with Gasteiger partial charge >= 0.3 is 0 Å². The molecule has 0 amide bonds. The van der Waals surface area contributed by atoms with Gasteiger partial charge in [0, 0.05) is 36.1 Å². The van der Waals surface area contributed by atoms with E-state index >= 15 is 0 Å². The third-order valence-corrected chi connectivity index (χ3v) is 5.09. The van der Waals surface area contributed by atoms with Crippen molar-refractivity contribution in [2.45, 2.75) is 13.0 Å². The van der Waals surface area contributed by atoms with Crippen LogP contribution in [0, 0.1) is 5.92 Å². The maximum atomic E-state index is 5.82. The summed E-state index contributed by atoms with van der Waals surface area (Å²) in [5.41, 5.74) is 4.19. The number of ether oxygens (including phenoxy) is 1. The van der Waals surface area contributed by atoms with Crippen LogP contribution in [0.5, 0.6) is 0 Å². The van der Waals surface area contributed by atoms with Gasteiger partial charge in [-0.2, -0.15) is 0 Å². The molecule has 1 aliphatic rings. The molecule has 3 heterocycles. The van der Waals surface area contributed by atoms with Crippen molar-refractivity contribution in [2.24, 2.45) is 5.92 Å². The van der Waals surface area contributed by atoms with Crippen LogP contribution in [0.4, 0.5) is 0 Å². The van der Waals surface area contributed by atoms with E-state index in [-0.39, 0.29) is 0 Å². The van der Waals surface area contributed by atoms with Crippen LogP contribution in [0.25, 0.3) is 11.0 Å². The highest BCUT2D eigenvalue weighted by Gasteiger charge is 2.20. The fraction of sp³-hybridized carbons (Fsp3) is 0.389. The number of nitrogens with zero attached hydrogens (tertiary/aromatic N) is 2. The van der Waals surface area contributed by atoms with Crippen molar-refractivity contribution in [3.63, 3.8) is 0 Å². The zero-order chi connectivity index (χ0) is 15.5. The first-order valence-corrected chi connectivity index (χ1v) is 8.88. The Morgan fingerprint density at radius 1 is 1.30 bits per heavy atom. The molecule has 1 aliphatic heterocycles. The maximum Gasteiger partial charge on any atom is 0.134 e. The van der Waals surface area contributed by atoms with Crippen molar-refractivity contribution < 1.29 is 9.15 Å². The Bertz CT molecular complexity index is 753. The molecule has 23 heavy (non-hydrogen) atoms. The molecule has 3 aromatic rings. The molecule has 0 unspecified atom stereocenters. The second-order valence-corrected chi connectivity index (χ2v) is 7.11. The van der Waals surface area contributed by atoms with Crippen molar-refractivity contribution in [3.8, 4) is 0 Å². The summed E-state index contributed by atoms with van der Waals surface area (Å²) < 4.78 is 11.3. The van der Waals surface area contributed by atoms with Gasteiger partial charge in [-0.3, -0.25) is 9.88 Å². The van der Waals surface area contributed by atoms with E-state index in [1.807, 2.05) is 17.8 Å². The summed E-state index contributed by atoms with van der Waals surface area (Å²) in [4.78, 5) is 7.98. The van der Waals surface area contributed by atoms with Gasteiger partial charge in [0.15, 0.2) is 0 Å². The Kier molecular flexibility index (Phi) is 4.41. The van der Waals surface area contributed by atoms with E-state index in [2.05, 4.69) is 28.1 Å². The number of rotatable bonds is 4. The molecule has 120 valence electrons. The molecule has 0 saturated carbocycles. The van der Waals surface area contributed by atoms with Crippen LogP contribution in [0.2, 0.25) is 0 Å². The SMILES string of the molecule is c1cc2ccc(C[C@H]3COCCN(Cc4cncs4)C3)cc2o1. The van der Waals surface area contributed by atoms with Gasteiger partial charge in [0.1, 0.15) is 5.58 Å². The molecule has 5 heteroatoms. The van der Waals surface area contributed by atoms with Crippen LogP contribution in [0.15, 0.2) is 46.7 Å². The van der Waals surface area contributed by atoms with Crippen LogP contribution in [-0.2, 0) is 17.7 Å². The van der Waals surface area contributed by atoms with E-state index in [4.69, 9.17) is 9.15 Å². The van der Waals surface area contributed by atoms with Gasteiger partial charge in [-0.15, -0.1) is 11.3 Å². The fourth-order valence-electron chi connectivity index (χ4n) is 3.22. The van der Waals surface area contributed by atoms with E-state index in [1.165, 1.54) is 10.4 Å². The van der Waals surface area contributed by atoms with E-state index in [0.717, 1.165) is 50.2 Å². The lowest BCUT2D eigenvalue weighted by Gasteiger charge is -2.22. The quantitative estimate of drug-likeness (QED) is 0.734. The maximum absolute atomic E-state index is 5.82. The van der Waals surface area contributed by atoms with Crippen LogP contribution in [-0.4, -0.2) is 36.2 Å². The lowest BCUT2D eigenvalue weighted by atomic mass is 9.99. The van der Waals surface area contributed by atoms with Gasteiger partial charge in [0.05, 0.1) is 25.0 Å². The third-order valence-electron chi connectivity index (χ3n) is 4.33. The minimum absolute atomic E-state index is 0.512. The van der Waals surface area contributed by atoms with Gasteiger partial charge in [0.2, 0.25) is 0 Å². The Balaban J connectivity index is 1.44. The molecule has 1 aromatic carbocycles. The van der Waals surface area contributed by atoms with Crippen LogP contribution in [0.3, 0.4) is 0 Å². The molecule has 1 fully saturated rings. The number of fused-ring (bicyclic) bond motifs is 1. The summed E-state index contributed by atoms with van der Waals surface area (Å²) in [6.45, 7) is 4.67. The minimum Gasteiger partial charge on any atom is -0.464 e. The van der Waals surface area contributed by atoms with Crippen molar-refractivity contribution in [1.29, 1.82) is 0 Å². The van der Waals surface area contributed by atoms with Crippen molar-refractivity contribution >= 4 is 22.3 Å². The van der Waals surface area contributed by atoms with E-state index in [1.54, 1.807) is 17.6 Å². The number of hydrogen-bond acceptors (Lipinski definition) is 5. The van der Waals surface area contributed by atoms with E-state index < -0.39 is 0 Å². The summed E-state index contributed by atoms with van der Waals surface area (Å²) in [5, 5.41) is 1.16. The average molecular weight is 328 g/mol. The molecule has 0 spiro atoms. The average Bonchev–Trinajstić information content (AvgIpc) is 3.17. The lowest BCUT2D eigenvalue weighted by molar-refractivity contribution is 0.122. The predicted molar refractivity (Wildman–Crippen MR) is 91.6 cm³/mol. The molecule has 0 radical (unpaired) electrons. The largest absolute Gasteiger partial charge is 0.464 e. The van der Waals surface area contributed by atoms with Gasteiger partial charge in [0.25, 0.3) is 0 Å². The molecular weight excluding hydrogens is 308 g/mol. The number of aromatic nitrogens is 1. The smallest absolute Gasteiger partial charge is 0.134 e. The monoisotopic (exact) mass is 328 g/mol. The van der Waals surface area contributed by atoms with Crippen LogP contribution in [0.1, 0.15) is 10.4 Å². The number of thiazole rings is 1. The molecule has 1 saturated heterocycles. The van der Waals surface area contributed by atoms with Crippen molar-refractivity contribution in [3.05, 3.63) is 52.7 Å². The standard InChI is InChI=1S/C18H20N2O2S/c1-2-16-3-5-22-18(16)8-14(1)7-15-10-20(4-6-21-12-15)11-17-9-19-13-23-17/h1-3,5,8-9,13,15H,4,6-7,10-12H2/t15-/m1/s1. The van der Waals surface area contributed by atoms with Gasteiger partial charge in [-0.05, 0) is 30.0 Å². The molecule has 4 nitrogen and oxygen atoms in total. The predicted octanol–water partition coefficient (Wildman–Crippen LogP) is 3.58. The normalized spacial score (nSPS) is 19.9. The Morgan fingerprint density at radius 3 is 3.22 bits per heavy atom. The Morgan fingerprint density at radius 2 is 2.30 bits per heavy atom. The number of hydrogen-bond donors (Lipinski definition) is 0. The second kappa shape index (κ2) is 6.83. The molecule has 2 aromatic heterocycles. The summed E-state index contributed by atoms with van der Waals surface area (Å²) in [6.07, 6.45) is 4.74. The minimum atomic E-state index is 0.512. The first kappa shape index (κ1) is 14.9. The van der Waals surface area contributed by atoms with Crippen molar-refractivity contribution in [2.75, 3.05) is 26.3 Å². The first-order valence-electron chi connectivity index (χ1n) is 8.00. The third kappa shape index (κ3) is 3.63. The summed E-state index contributed by atoms with van der Waals surface area (Å²) in [7, 11) is 0. The molecule has 4 rings (SSSR count). The van der Waals surface area contributed by atoms with E-state index in [9.17, 15) is 0 Å². The highest BCUT2D eigenvalue weighted by molar-refractivity contribution is 7.09.